The zero-order chi connectivity index (χ0) is 11.3. The lowest BCUT2D eigenvalue weighted by atomic mass is 10.00. The quantitative estimate of drug-likeness (QED) is 0.266. The predicted molar refractivity (Wildman–Crippen MR) is 60.6 cm³/mol. The minimum Gasteiger partial charge on any atom is -0.411 e. The van der Waals surface area contributed by atoms with Crippen LogP contribution < -0.4 is 0 Å². The van der Waals surface area contributed by atoms with Crippen LogP contribution in [0.3, 0.4) is 0 Å². The van der Waals surface area contributed by atoms with Crippen molar-refractivity contribution in [3.8, 4) is 0 Å². The van der Waals surface area contributed by atoms with E-state index >= 15 is 0 Å². The molecular formula is C10H13NO3S. The van der Waals surface area contributed by atoms with Gasteiger partial charge in [-0.05, 0) is 5.56 Å². The SMILES string of the molecule is ON=Cc1ccccc1C(O)C(O)CS. The Morgan fingerprint density at radius 2 is 2.00 bits per heavy atom. The monoisotopic (exact) mass is 227 g/mol. The molecule has 15 heavy (non-hydrogen) atoms. The molecule has 0 aliphatic heterocycles. The zero-order valence-electron chi connectivity index (χ0n) is 7.98. The van der Waals surface area contributed by atoms with Gasteiger partial charge in [0.25, 0.3) is 0 Å². The third kappa shape index (κ3) is 2.95. The van der Waals surface area contributed by atoms with E-state index in [4.69, 9.17) is 5.21 Å². The lowest BCUT2D eigenvalue weighted by Gasteiger charge is -2.17. The molecule has 0 heterocycles. The fourth-order valence-corrected chi connectivity index (χ4v) is 1.47. The van der Waals surface area contributed by atoms with Crippen LogP contribution in [0.25, 0.3) is 0 Å². The van der Waals surface area contributed by atoms with Gasteiger partial charge in [-0.15, -0.1) is 0 Å². The molecule has 2 unspecified atom stereocenters. The van der Waals surface area contributed by atoms with Crippen LogP contribution in [-0.4, -0.2) is 33.5 Å². The van der Waals surface area contributed by atoms with Crippen LogP contribution in [0, 0.1) is 0 Å². The highest BCUT2D eigenvalue weighted by Gasteiger charge is 2.18. The minimum atomic E-state index is -1.03. The number of hydrogen-bond acceptors (Lipinski definition) is 5. The normalized spacial score (nSPS) is 15.4. The van der Waals surface area contributed by atoms with E-state index in [9.17, 15) is 10.2 Å². The topological polar surface area (TPSA) is 73.1 Å². The van der Waals surface area contributed by atoms with Crippen molar-refractivity contribution in [3.05, 3.63) is 35.4 Å². The summed E-state index contributed by atoms with van der Waals surface area (Å²) in [5.74, 6) is 0.159. The van der Waals surface area contributed by atoms with Gasteiger partial charge in [0.1, 0.15) is 6.10 Å². The molecule has 3 N–H and O–H groups in total. The highest BCUT2D eigenvalue weighted by molar-refractivity contribution is 7.80. The second kappa shape index (κ2) is 5.75. The van der Waals surface area contributed by atoms with Gasteiger partial charge in [0, 0.05) is 11.3 Å². The van der Waals surface area contributed by atoms with E-state index in [1.165, 1.54) is 6.21 Å². The van der Waals surface area contributed by atoms with E-state index in [2.05, 4.69) is 17.8 Å². The van der Waals surface area contributed by atoms with E-state index < -0.39 is 12.2 Å². The Morgan fingerprint density at radius 1 is 1.33 bits per heavy atom. The van der Waals surface area contributed by atoms with Crippen LogP contribution >= 0.6 is 12.6 Å². The molecule has 0 aromatic heterocycles. The van der Waals surface area contributed by atoms with E-state index in [0.717, 1.165) is 0 Å². The van der Waals surface area contributed by atoms with Crippen molar-refractivity contribution >= 4 is 18.8 Å². The Bertz CT molecular complexity index is 343. The number of nitrogens with zero attached hydrogens (tertiary/aromatic N) is 1. The molecule has 1 rings (SSSR count). The smallest absolute Gasteiger partial charge is 0.106 e. The molecule has 0 saturated heterocycles. The molecule has 0 spiro atoms. The molecule has 2 atom stereocenters. The summed E-state index contributed by atoms with van der Waals surface area (Å²) in [7, 11) is 0. The molecule has 0 amide bonds. The van der Waals surface area contributed by atoms with Crippen molar-refractivity contribution in [2.24, 2.45) is 5.16 Å². The maximum absolute atomic E-state index is 9.75. The fourth-order valence-electron chi connectivity index (χ4n) is 1.27. The fraction of sp³-hybridized carbons (Fsp3) is 0.300. The van der Waals surface area contributed by atoms with E-state index in [1.54, 1.807) is 24.3 Å². The van der Waals surface area contributed by atoms with E-state index in [-0.39, 0.29) is 5.75 Å². The predicted octanol–water partition coefficient (Wildman–Crippen LogP) is 0.819. The lowest BCUT2D eigenvalue weighted by molar-refractivity contribution is 0.0337. The van der Waals surface area contributed by atoms with Crippen molar-refractivity contribution in [1.29, 1.82) is 0 Å². The first-order chi connectivity index (χ1) is 7.20. The Morgan fingerprint density at radius 3 is 2.60 bits per heavy atom. The number of benzene rings is 1. The van der Waals surface area contributed by atoms with Gasteiger partial charge >= 0.3 is 0 Å². The van der Waals surface area contributed by atoms with Crippen molar-refractivity contribution < 1.29 is 15.4 Å². The van der Waals surface area contributed by atoms with Gasteiger partial charge in [-0.25, -0.2) is 0 Å². The lowest BCUT2D eigenvalue weighted by Crippen LogP contribution is -2.20. The van der Waals surface area contributed by atoms with Gasteiger partial charge in [0.15, 0.2) is 0 Å². The summed E-state index contributed by atoms with van der Waals surface area (Å²) in [5, 5.41) is 30.5. The van der Waals surface area contributed by atoms with Crippen molar-refractivity contribution in [1.82, 2.24) is 0 Å². The molecular weight excluding hydrogens is 214 g/mol. The number of rotatable bonds is 4. The summed E-state index contributed by atoms with van der Waals surface area (Å²) < 4.78 is 0. The first kappa shape index (κ1) is 12.0. The second-order valence-corrected chi connectivity index (χ2v) is 3.43. The molecule has 0 radical (unpaired) electrons. The number of oxime groups is 1. The maximum Gasteiger partial charge on any atom is 0.106 e. The first-order valence-electron chi connectivity index (χ1n) is 4.44. The number of thiol groups is 1. The minimum absolute atomic E-state index is 0.159. The Kier molecular flexibility index (Phi) is 4.61. The van der Waals surface area contributed by atoms with E-state index in [1.807, 2.05) is 0 Å². The molecule has 4 nitrogen and oxygen atoms in total. The summed E-state index contributed by atoms with van der Waals surface area (Å²) in [5.41, 5.74) is 1.07. The van der Waals surface area contributed by atoms with Crippen LogP contribution in [0.15, 0.2) is 29.4 Å². The van der Waals surface area contributed by atoms with Gasteiger partial charge in [0.05, 0.1) is 12.3 Å². The third-order valence-corrected chi connectivity index (χ3v) is 2.44. The molecule has 0 saturated carbocycles. The Hall–Kier alpha value is -1.04. The molecule has 5 heteroatoms. The molecule has 0 aliphatic rings. The molecule has 1 aromatic rings. The van der Waals surface area contributed by atoms with Crippen LogP contribution in [0.5, 0.6) is 0 Å². The number of aliphatic hydroxyl groups is 2. The molecule has 0 aliphatic carbocycles. The molecule has 0 fully saturated rings. The third-order valence-electron chi connectivity index (χ3n) is 2.06. The van der Waals surface area contributed by atoms with Gasteiger partial charge in [-0.3, -0.25) is 0 Å². The van der Waals surface area contributed by atoms with Crippen LogP contribution in [0.4, 0.5) is 0 Å². The van der Waals surface area contributed by atoms with Crippen molar-refractivity contribution in [2.75, 3.05) is 5.75 Å². The highest BCUT2D eigenvalue weighted by Crippen LogP contribution is 2.20. The largest absolute Gasteiger partial charge is 0.411 e. The molecule has 82 valence electrons. The van der Waals surface area contributed by atoms with Gasteiger partial charge < -0.3 is 15.4 Å². The van der Waals surface area contributed by atoms with Gasteiger partial charge in [0.2, 0.25) is 0 Å². The zero-order valence-corrected chi connectivity index (χ0v) is 8.88. The molecule has 0 bridgehead atoms. The molecule has 1 aromatic carbocycles. The summed E-state index contributed by atoms with van der Waals surface area (Å²) in [6.07, 6.45) is -0.762. The van der Waals surface area contributed by atoms with Crippen LogP contribution in [0.1, 0.15) is 17.2 Å². The van der Waals surface area contributed by atoms with Crippen molar-refractivity contribution in [3.63, 3.8) is 0 Å². The number of aliphatic hydroxyl groups excluding tert-OH is 2. The average Bonchev–Trinajstić information content (AvgIpc) is 2.28. The van der Waals surface area contributed by atoms with Gasteiger partial charge in [-0.2, -0.15) is 12.6 Å². The summed E-state index contributed by atoms with van der Waals surface area (Å²) in [6.45, 7) is 0. The maximum atomic E-state index is 9.75. The van der Waals surface area contributed by atoms with Crippen molar-refractivity contribution in [2.45, 2.75) is 12.2 Å². The Balaban J connectivity index is 3.01. The highest BCUT2D eigenvalue weighted by atomic mass is 32.1. The summed E-state index contributed by atoms with van der Waals surface area (Å²) in [4.78, 5) is 0. The average molecular weight is 227 g/mol. The Labute approximate surface area is 93.3 Å². The van der Waals surface area contributed by atoms with E-state index in [0.29, 0.717) is 11.1 Å². The van der Waals surface area contributed by atoms with Crippen LogP contribution in [-0.2, 0) is 0 Å². The van der Waals surface area contributed by atoms with Gasteiger partial charge in [-0.1, -0.05) is 29.4 Å². The summed E-state index contributed by atoms with van der Waals surface area (Å²) in [6, 6.07) is 6.83. The van der Waals surface area contributed by atoms with Crippen LogP contribution in [0.2, 0.25) is 0 Å². The summed E-state index contributed by atoms with van der Waals surface area (Å²) >= 11 is 3.90. The standard InChI is InChI=1S/C10H13NO3S/c12-9(6-15)10(13)8-4-2-1-3-7(8)5-11-14/h1-5,9-10,12-15H,6H2. The number of hydrogen-bond donors (Lipinski definition) is 4. The first-order valence-corrected chi connectivity index (χ1v) is 5.07. The second-order valence-electron chi connectivity index (χ2n) is 3.07.